The summed E-state index contributed by atoms with van der Waals surface area (Å²) in [5, 5.41) is 19.3. The third-order valence-corrected chi connectivity index (χ3v) is 10.6. The zero-order valence-corrected chi connectivity index (χ0v) is 34.0. The van der Waals surface area contributed by atoms with Crippen LogP contribution in [0, 0.1) is 11.6 Å². The lowest BCUT2D eigenvalue weighted by atomic mass is 9.49. The topological polar surface area (TPSA) is 122 Å². The molecule has 2 aromatic heterocycles. The van der Waals surface area contributed by atoms with E-state index in [4.69, 9.17) is 27.9 Å². The fourth-order valence-corrected chi connectivity index (χ4v) is 5.18. The molecule has 3 aliphatic heterocycles. The van der Waals surface area contributed by atoms with Crippen molar-refractivity contribution in [2.45, 2.75) is 156 Å². The van der Waals surface area contributed by atoms with Gasteiger partial charge in [-0.25, -0.2) is 8.78 Å². The molecule has 0 spiro atoms. The Kier molecular flexibility index (Phi) is 12.1. The van der Waals surface area contributed by atoms with E-state index in [1.54, 1.807) is 0 Å². The van der Waals surface area contributed by atoms with E-state index < -0.39 is 55.2 Å². The molecule has 0 amide bonds. The number of aliphatic hydroxyl groups is 2. The highest BCUT2D eigenvalue weighted by atomic mass is 79.9. The van der Waals surface area contributed by atoms with Crippen molar-refractivity contribution in [3.05, 3.63) is 52.0 Å². The lowest BCUT2D eigenvalue weighted by molar-refractivity contribution is 0.00578. The maximum absolute atomic E-state index is 14.1. The third kappa shape index (κ3) is 9.35. The van der Waals surface area contributed by atoms with Crippen molar-refractivity contribution >= 4 is 42.5 Å². The largest absolute Gasteiger partial charge is 0.496 e. The molecular formula is C34H54B3BrF2N2O8. The summed E-state index contributed by atoms with van der Waals surface area (Å²) >= 11 is 3.08. The van der Waals surface area contributed by atoms with Crippen LogP contribution in [-0.4, -0.2) is 74.9 Å². The fourth-order valence-electron chi connectivity index (χ4n) is 4.88. The third-order valence-electron chi connectivity index (χ3n) is 10.1. The van der Waals surface area contributed by atoms with Crippen molar-refractivity contribution in [2.75, 3.05) is 0 Å². The van der Waals surface area contributed by atoms with E-state index in [0.29, 0.717) is 9.94 Å². The van der Waals surface area contributed by atoms with Gasteiger partial charge in [0.25, 0.3) is 0 Å². The molecule has 0 unspecified atom stereocenters. The predicted octanol–water partition coefficient (Wildman–Crippen LogP) is 6.21. The summed E-state index contributed by atoms with van der Waals surface area (Å²) in [6.07, 6.45) is 2.94. The second-order valence-corrected chi connectivity index (χ2v) is 18.0. The first-order valence-corrected chi connectivity index (χ1v) is 17.5. The smallest absolute Gasteiger partial charge is 0.405 e. The number of halogens is 3. The van der Waals surface area contributed by atoms with E-state index in [1.165, 1.54) is 52.2 Å². The van der Waals surface area contributed by atoms with Gasteiger partial charge in [-0.3, -0.25) is 9.97 Å². The van der Waals surface area contributed by atoms with Gasteiger partial charge in [0.15, 0.2) is 0 Å². The highest BCUT2D eigenvalue weighted by Crippen LogP contribution is 2.43. The lowest BCUT2D eigenvalue weighted by Gasteiger charge is -2.32. The zero-order valence-electron chi connectivity index (χ0n) is 32.4. The van der Waals surface area contributed by atoms with Gasteiger partial charge in [0.2, 0.25) is 0 Å². The molecule has 0 aliphatic carbocycles. The monoisotopic (exact) mass is 768 g/mol. The molecule has 2 N–H and O–H groups in total. The molecule has 2 aromatic rings. The Labute approximate surface area is 306 Å². The van der Waals surface area contributed by atoms with Crippen LogP contribution in [0.3, 0.4) is 0 Å². The molecule has 278 valence electrons. The predicted molar refractivity (Wildman–Crippen MR) is 194 cm³/mol. The summed E-state index contributed by atoms with van der Waals surface area (Å²) in [5.74, 6) is -1.07. The SMILES string of the molecule is CC(C)(O)c1ncc(B2OC(C)(C)C(C)(C)O2)cc1F.CC(C)(O)c1ncc(Br)cc1F.CC1(C)OB(B2OC(C)(C)C(C)(C)O2)OC1(C)C. The highest BCUT2D eigenvalue weighted by molar-refractivity contribution is 9.10. The standard InChI is InChI=1S/C14H21BFNO3.C12H24B2O4.C8H9BrFNO/c1-12(2,18)11-10(16)7-9(8-17-11)15-19-13(3,4)14(5,6)20-15;1-9(2)10(3,4)16-13(15-9)14-17-11(5,6)12(7,8)18-14;1-8(2,12)7-6(10)3-5(9)4-11-7/h7-8,18H,1-6H3;1-8H3;3-4,12H,1-2H3. The number of nitrogens with zero attached hydrogens (tertiary/aromatic N) is 2. The summed E-state index contributed by atoms with van der Waals surface area (Å²) in [7, 11) is -1.61. The maximum atomic E-state index is 14.1. The molecule has 0 atom stereocenters. The highest BCUT2D eigenvalue weighted by Gasteiger charge is 2.63. The van der Waals surface area contributed by atoms with Gasteiger partial charge in [-0.15, -0.1) is 0 Å². The van der Waals surface area contributed by atoms with Crippen LogP contribution in [0.4, 0.5) is 8.78 Å². The van der Waals surface area contributed by atoms with E-state index >= 15 is 0 Å². The molecule has 0 aromatic carbocycles. The van der Waals surface area contributed by atoms with Crippen molar-refractivity contribution in [3.63, 3.8) is 0 Å². The Bertz CT molecular complexity index is 1450. The van der Waals surface area contributed by atoms with E-state index in [9.17, 15) is 19.0 Å². The van der Waals surface area contributed by atoms with E-state index in [2.05, 4.69) is 25.9 Å². The normalized spacial score (nSPS) is 22.9. The van der Waals surface area contributed by atoms with Crippen LogP contribution in [0.25, 0.3) is 0 Å². The van der Waals surface area contributed by atoms with Crippen LogP contribution in [0.1, 0.15) is 122 Å². The molecule has 3 saturated heterocycles. The Balaban J connectivity index is 0.000000209. The first-order valence-electron chi connectivity index (χ1n) is 16.7. The zero-order chi connectivity index (χ0) is 38.7. The Morgan fingerprint density at radius 3 is 1.16 bits per heavy atom. The van der Waals surface area contributed by atoms with Crippen LogP contribution in [0.5, 0.6) is 0 Å². The van der Waals surface area contributed by atoms with Crippen molar-refractivity contribution in [1.82, 2.24) is 9.97 Å². The second-order valence-electron chi connectivity index (χ2n) is 17.0. The van der Waals surface area contributed by atoms with Crippen LogP contribution in [0.2, 0.25) is 0 Å². The second kappa shape index (κ2) is 14.1. The van der Waals surface area contributed by atoms with Crippen LogP contribution in [-0.2, 0) is 39.1 Å². The molecule has 5 rings (SSSR count). The fraction of sp³-hybridized carbons (Fsp3) is 0.706. The molecule has 10 nitrogen and oxygen atoms in total. The lowest BCUT2D eigenvalue weighted by Crippen LogP contribution is -2.41. The van der Waals surface area contributed by atoms with Gasteiger partial charge in [-0.05, 0) is 139 Å². The molecular weight excluding hydrogens is 715 g/mol. The van der Waals surface area contributed by atoms with Crippen molar-refractivity contribution in [3.8, 4) is 0 Å². The maximum Gasteiger partial charge on any atom is 0.496 e. The molecule has 0 bridgehead atoms. The van der Waals surface area contributed by atoms with Crippen LogP contribution >= 0.6 is 15.9 Å². The molecule has 0 radical (unpaired) electrons. The summed E-state index contributed by atoms with van der Waals surface area (Å²) in [6, 6.07) is 2.59. The molecule has 16 heteroatoms. The van der Waals surface area contributed by atoms with Gasteiger partial charge in [0.1, 0.15) is 34.2 Å². The van der Waals surface area contributed by atoms with E-state index in [0.717, 1.165) is 0 Å². The van der Waals surface area contributed by atoms with Crippen molar-refractivity contribution in [1.29, 1.82) is 0 Å². The summed E-state index contributed by atoms with van der Waals surface area (Å²) < 4.78 is 63.2. The Morgan fingerprint density at radius 1 is 0.560 bits per heavy atom. The van der Waals surface area contributed by atoms with Gasteiger partial charge < -0.3 is 38.1 Å². The van der Waals surface area contributed by atoms with Gasteiger partial charge in [0, 0.05) is 22.3 Å². The molecule has 5 heterocycles. The minimum absolute atomic E-state index is 0.0118. The van der Waals surface area contributed by atoms with Gasteiger partial charge in [0.05, 0.1) is 33.6 Å². The summed E-state index contributed by atoms with van der Waals surface area (Å²) in [4.78, 5) is 7.78. The van der Waals surface area contributed by atoms with Gasteiger partial charge in [-0.2, -0.15) is 0 Å². The summed E-state index contributed by atoms with van der Waals surface area (Å²) in [6.45, 7) is 29.9. The quantitative estimate of drug-likeness (QED) is 0.348. The first kappa shape index (κ1) is 42.9. The summed E-state index contributed by atoms with van der Waals surface area (Å²) in [5.41, 5.74) is -4.38. The van der Waals surface area contributed by atoms with Crippen molar-refractivity contribution in [2.24, 2.45) is 0 Å². The Morgan fingerprint density at radius 2 is 0.860 bits per heavy atom. The minimum Gasteiger partial charge on any atom is -0.405 e. The number of pyridine rings is 2. The van der Waals surface area contributed by atoms with Gasteiger partial charge >= 0.3 is 21.1 Å². The average Bonchev–Trinajstić information content (AvgIpc) is 3.36. The van der Waals surface area contributed by atoms with Crippen LogP contribution in [0.15, 0.2) is 29.0 Å². The number of aromatic nitrogens is 2. The number of rotatable bonds is 4. The molecule has 3 aliphatic rings. The van der Waals surface area contributed by atoms with E-state index in [-0.39, 0.29) is 33.8 Å². The molecule has 3 fully saturated rings. The number of hydrogen-bond acceptors (Lipinski definition) is 10. The Hall–Kier alpha value is -1.49. The molecule has 0 saturated carbocycles. The van der Waals surface area contributed by atoms with Crippen LogP contribution < -0.4 is 5.46 Å². The van der Waals surface area contributed by atoms with Gasteiger partial charge in [-0.1, -0.05) is 0 Å². The van der Waals surface area contributed by atoms with Crippen molar-refractivity contribution < 1.29 is 46.9 Å². The number of hydrogen-bond donors (Lipinski definition) is 2. The minimum atomic E-state index is -1.32. The first-order chi connectivity index (χ1) is 22.2. The molecule has 50 heavy (non-hydrogen) atoms. The van der Waals surface area contributed by atoms with E-state index in [1.807, 2.05) is 83.1 Å². The average molecular weight is 769 g/mol.